The molecule has 1 aliphatic rings. The summed E-state index contributed by atoms with van der Waals surface area (Å²) in [6, 6.07) is 20.7. The Balaban J connectivity index is 1.60. The molecule has 5 heteroatoms. The van der Waals surface area contributed by atoms with Crippen molar-refractivity contribution in [3.63, 3.8) is 0 Å². The normalized spacial score (nSPS) is 15.2. The van der Waals surface area contributed by atoms with E-state index < -0.39 is 6.04 Å². The summed E-state index contributed by atoms with van der Waals surface area (Å²) in [5.41, 5.74) is 4.77. The number of carbonyl (C=O) groups is 1. The summed E-state index contributed by atoms with van der Waals surface area (Å²) in [6.45, 7) is 4.41. The summed E-state index contributed by atoms with van der Waals surface area (Å²) < 4.78 is 11.3. The molecule has 2 heterocycles. The molecule has 5 rings (SSSR count). The first-order valence-electron chi connectivity index (χ1n) is 11.0. The molecule has 1 unspecified atom stereocenters. The van der Waals surface area contributed by atoms with Crippen LogP contribution in [-0.2, 0) is 6.42 Å². The first-order chi connectivity index (χ1) is 16.0. The van der Waals surface area contributed by atoms with Crippen LogP contribution in [0.25, 0.3) is 11.0 Å². The number of hydrogen-bond donors (Lipinski definition) is 0. The average molecular weight is 440 g/mol. The highest BCUT2D eigenvalue weighted by atomic mass is 16.5. The Kier molecular flexibility index (Phi) is 5.25. The number of aryl methyl sites for hydroxylation is 2. The van der Waals surface area contributed by atoms with Gasteiger partial charge in [-0.25, -0.2) is 0 Å². The molecule has 0 fully saturated rings. The van der Waals surface area contributed by atoms with Gasteiger partial charge in [0.2, 0.25) is 5.76 Å². The number of amides is 1. The second kappa shape index (κ2) is 8.24. The third-order valence-corrected chi connectivity index (χ3v) is 6.50. The Morgan fingerprint density at radius 1 is 0.939 bits per heavy atom. The van der Waals surface area contributed by atoms with E-state index in [2.05, 4.69) is 0 Å². The zero-order valence-corrected chi connectivity index (χ0v) is 18.9. The van der Waals surface area contributed by atoms with Crippen molar-refractivity contribution in [2.75, 3.05) is 13.7 Å². The van der Waals surface area contributed by atoms with Gasteiger partial charge in [-0.3, -0.25) is 9.59 Å². The van der Waals surface area contributed by atoms with Crippen LogP contribution in [0.4, 0.5) is 0 Å². The van der Waals surface area contributed by atoms with E-state index in [-0.39, 0.29) is 17.1 Å². The molecule has 0 spiro atoms. The molecule has 1 amide bonds. The van der Waals surface area contributed by atoms with E-state index >= 15 is 0 Å². The minimum absolute atomic E-state index is 0.136. The second-order valence-corrected chi connectivity index (χ2v) is 8.52. The Morgan fingerprint density at radius 2 is 1.64 bits per heavy atom. The highest BCUT2D eigenvalue weighted by Gasteiger charge is 2.42. The summed E-state index contributed by atoms with van der Waals surface area (Å²) in [6.07, 6.45) is 0.652. The van der Waals surface area contributed by atoms with Crippen molar-refractivity contribution in [2.45, 2.75) is 26.3 Å². The number of benzene rings is 3. The van der Waals surface area contributed by atoms with Gasteiger partial charge in [-0.1, -0.05) is 42.5 Å². The van der Waals surface area contributed by atoms with E-state index in [1.165, 1.54) is 0 Å². The van der Waals surface area contributed by atoms with Crippen molar-refractivity contribution in [2.24, 2.45) is 0 Å². The quantitative estimate of drug-likeness (QED) is 0.429. The van der Waals surface area contributed by atoms with Crippen LogP contribution in [0.2, 0.25) is 0 Å². The van der Waals surface area contributed by atoms with E-state index in [1.54, 1.807) is 12.0 Å². The minimum Gasteiger partial charge on any atom is -0.497 e. The summed E-state index contributed by atoms with van der Waals surface area (Å²) in [5.74, 6) is 0.696. The van der Waals surface area contributed by atoms with Crippen molar-refractivity contribution < 1.29 is 13.9 Å². The number of rotatable bonds is 5. The van der Waals surface area contributed by atoms with Crippen molar-refractivity contribution in [1.29, 1.82) is 0 Å². The van der Waals surface area contributed by atoms with Gasteiger partial charge in [-0.2, -0.15) is 0 Å². The topological polar surface area (TPSA) is 59.8 Å². The maximum Gasteiger partial charge on any atom is 0.290 e. The second-order valence-electron chi connectivity index (χ2n) is 8.52. The van der Waals surface area contributed by atoms with Crippen molar-refractivity contribution in [3.05, 3.63) is 111 Å². The lowest BCUT2D eigenvalue weighted by atomic mass is 9.97. The van der Waals surface area contributed by atoms with Gasteiger partial charge < -0.3 is 14.1 Å². The van der Waals surface area contributed by atoms with Crippen molar-refractivity contribution >= 4 is 16.9 Å². The van der Waals surface area contributed by atoms with E-state index in [9.17, 15) is 9.59 Å². The number of hydrogen-bond acceptors (Lipinski definition) is 4. The Labute approximate surface area is 192 Å². The monoisotopic (exact) mass is 439 g/mol. The van der Waals surface area contributed by atoms with Gasteiger partial charge in [0.05, 0.1) is 24.1 Å². The number of ether oxygens (including phenoxy) is 1. The molecule has 4 aromatic rings. The third kappa shape index (κ3) is 3.59. The lowest BCUT2D eigenvalue weighted by molar-refractivity contribution is 0.0730. The number of nitrogens with zero attached hydrogens (tertiary/aromatic N) is 1. The number of carbonyl (C=O) groups excluding carboxylic acids is 1. The smallest absolute Gasteiger partial charge is 0.290 e. The van der Waals surface area contributed by atoms with Crippen LogP contribution in [-0.4, -0.2) is 24.5 Å². The van der Waals surface area contributed by atoms with Crippen LogP contribution in [0, 0.1) is 13.8 Å². The first kappa shape index (κ1) is 21.0. The summed E-state index contributed by atoms with van der Waals surface area (Å²) in [4.78, 5) is 28.9. The molecule has 166 valence electrons. The predicted octanol–water partition coefficient (Wildman–Crippen LogP) is 5.21. The molecule has 0 radical (unpaired) electrons. The van der Waals surface area contributed by atoms with Crippen LogP contribution >= 0.6 is 0 Å². The first-order valence-corrected chi connectivity index (χ1v) is 11.0. The molecule has 5 nitrogen and oxygen atoms in total. The third-order valence-electron chi connectivity index (χ3n) is 6.50. The van der Waals surface area contributed by atoms with Gasteiger partial charge in [-0.05, 0) is 66.8 Å². The maximum atomic E-state index is 13.7. The molecule has 0 saturated carbocycles. The molecule has 3 aromatic carbocycles. The molecule has 0 saturated heterocycles. The fourth-order valence-corrected chi connectivity index (χ4v) is 4.53. The van der Waals surface area contributed by atoms with Crippen LogP contribution in [0.3, 0.4) is 0 Å². The van der Waals surface area contributed by atoms with Crippen LogP contribution in [0.15, 0.2) is 75.9 Å². The highest BCUT2D eigenvalue weighted by molar-refractivity contribution is 5.99. The van der Waals surface area contributed by atoms with Gasteiger partial charge in [0, 0.05) is 6.54 Å². The van der Waals surface area contributed by atoms with Gasteiger partial charge >= 0.3 is 0 Å². The largest absolute Gasteiger partial charge is 0.497 e. The summed E-state index contributed by atoms with van der Waals surface area (Å²) in [5, 5.41) is 0.516. The number of fused-ring (bicyclic) bond motifs is 2. The molecule has 1 atom stereocenters. The average Bonchev–Trinajstić information content (AvgIpc) is 3.12. The van der Waals surface area contributed by atoms with E-state index in [0.717, 1.165) is 28.0 Å². The molecule has 0 N–H and O–H groups in total. The van der Waals surface area contributed by atoms with E-state index in [0.29, 0.717) is 29.5 Å². The van der Waals surface area contributed by atoms with Gasteiger partial charge in [0.25, 0.3) is 5.91 Å². The molecule has 0 bridgehead atoms. The predicted molar refractivity (Wildman–Crippen MR) is 128 cm³/mol. The SMILES string of the molecule is COc1ccc(CCN2C(=O)c3oc4cc(C)c(C)cc4c(=O)c3C2c2ccccc2)cc1. The lowest BCUT2D eigenvalue weighted by Crippen LogP contribution is -2.31. The molecule has 0 aliphatic carbocycles. The number of methoxy groups -OCH3 is 1. The highest BCUT2D eigenvalue weighted by Crippen LogP contribution is 2.38. The van der Waals surface area contributed by atoms with Gasteiger partial charge in [0.1, 0.15) is 11.3 Å². The maximum absolute atomic E-state index is 13.7. The molecule has 1 aliphatic heterocycles. The fraction of sp³-hybridized carbons (Fsp3) is 0.214. The molecule has 33 heavy (non-hydrogen) atoms. The summed E-state index contributed by atoms with van der Waals surface area (Å²) >= 11 is 0. The van der Waals surface area contributed by atoms with Crippen LogP contribution in [0.5, 0.6) is 5.75 Å². The zero-order chi connectivity index (χ0) is 23.1. The Hall–Kier alpha value is -3.86. The Morgan fingerprint density at radius 3 is 2.33 bits per heavy atom. The van der Waals surface area contributed by atoms with Crippen molar-refractivity contribution in [3.8, 4) is 5.75 Å². The van der Waals surface area contributed by atoms with E-state index in [1.807, 2.05) is 80.6 Å². The van der Waals surface area contributed by atoms with Crippen LogP contribution in [0.1, 0.15) is 44.4 Å². The van der Waals surface area contributed by atoms with Crippen molar-refractivity contribution in [1.82, 2.24) is 4.90 Å². The van der Waals surface area contributed by atoms with Crippen LogP contribution < -0.4 is 10.2 Å². The standard InChI is InChI=1S/C28H25NO4/c1-17-15-22-23(16-18(17)2)33-27-24(26(22)30)25(20-7-5-4-6-8-20)29(28(27)31)14-13-19-9-11-21(32-3)12-10-19/h4-12,15-16,25H,13-14H2,1-3H3. The lowest BCUT2D eigenvalue weighted by Gasteiger charge is -2.25. The van der Waals surface area contributed by atoms with E-state index in [4.69, 9.17) is 9.15 Å². The molecule has 1 aromatic heterocycles. The van der Waals surface area contributed by atoms with Gasteiger partial charge in [-0.15, -0.1) is 0 Å². The molecular weight excluding hydrogens is 414 g/mol. The summed E-state index contributed by atoms with van der Waals surface area (Å²) in [7, 11) is 1.64. The minimum atomic E-state index is -0.478. The fourth-order valence-electron chi connectivity index (χ4n) is 4.53. The van der Waals surface area contributed by atoms with Gasteiger partial charge in [0.15, 0.2) is 5.43 Å². The molecular formula is C28H25NO4. The zero-order valence-electron chi connectivity index (χ0n) is 18.9. The Bertz CT molecular complexity index is 1400.